The summed E-state index contributed by atoms with van der Waals surface area (Å²) >= 11 is 0. The Morgan fingerprint density at radius 3 is 2.58 bits per heavy atom. The van der Waals surface area contributed by atoms with E-state index in [0.29, 0.717) is 21.7 Å². The van der Waals surface area contributed by atoms with E-state index in [1.54, 1.807) is 12.1 Å². The monoisotopic (exact) mass is 256 g/mol. The summed E-state index contributed by atoms with van der Waals surface area (Å²) in [6, 6.07) is 4.75. The minimum atomic E-state index is -1.29. The molecule has 19 heavy (non-hydrogen) atoms. The van der Waals surface area contributed by atoms with Gasteiger partial charge in [-0.2, -0.15) is 0 Å². The number of benzene rings is 1. The second-order valence-electron chi connectivity index (χ2n) is 4.05. The van der Waals surface area contributed by atoms with Crippen LogP contribution in [0.1, 0.15) is 10.5 Å². The molecule has 0 aliphatic carbocycles. The Labute approximate surface area is 106 Å². The van der Waals surface area contributed by atoms with Gasteiger partial charge in [0.1, 0.15) is 5.75 Å². The maximum atomic E-state index is 10.9. The second kappa shape index (κ2) is 3.81. The normalized spacial score (nSPS) is 10.9. The molecule has 2 heterocycles. The highest BCUT2D eigenvalue weighted by molar-refractivity contribution is 6.09. The van der Waals surface area contributed by atoms with Crippen LogP contribution in [-0.2, 0) is 0 Å². The van der Waals surface area contributed by atoms with E-state index in [2.05, 4.69) is 9.97 Å². The Hall–Kier alpha value is -2.89. The van der Waals surface area contributed by atoms with Crippen molar-refractivity contribution in [3.8, 4) is 11.5 Å². The number of fused-ring (bicyclic) bond motifs is 3. The van der Waals surface area contributed by atoms with Gasteiger partial charge in [-0.1, -0.05) is 6.07 Å². The summed E-state index contributed by atoms with van der Waals surface area (Å²) < 4.78 is 0. The molecule has 0 aliphatic heterocycles. The van der Waals surface area contributed by atoms with Crippen molar-refractivity contribution in [3.05, 3.63) is 36.3 Å². The lowest BCUT2D eigenvalue weighted by Gasteiger charge is -2.06. The zero-order chi connectivity index (χ0) is 13.6. The van der Waals surface area contributed by atoms with Crippen LogP contribution in [0.5, 0.6) is 11.5 Å². The first-order valence-corrected chi connectivity index (χ1v) is 5.40. The van der Waals surface area contributed by atoms with Crippen LogP contribution in [0.4, 0.5) is 0 Å². The zero-order valence-corrected chi connectivity index (χ0v) is 9.53. The van der Waals surface area contributed by atoms with Crippen LogP contribution in [0.3, 0.4) is 0 Å². The molecule has 0 radical (unpaired) electrons. The Kier molecular flexibility index (Phi) is 2.25. The molecular formula is C13H8N2O4. The van der Waals surface area contributed by atoms with E-state index in [0.717, 1.165) is 0 Å². The molecule has 3 aromatic rings. The van der Waals surface area contributed by atoms with E-state index in [4.69, 9.17) is 5.11 Å². The van der Waals surface area contributed by atoms with Crippen molar-refractivity contribution in [2.45, 2.75) is 0 Å². The van der Waals surface area contributed by atoms with Crippen LogP contribution in [0, 0.1) is 0 Å². The highest BCUT2D eigenvalue weighted by atomic mass is 16.4. The summed E-state index contributed by atoms with van der Waals surface area (Å²) in [7, 11) is 0. The Balaban J connectivity index is 2.45. The lowest BCUT2D eigenvalue weighted by Crippen LogP contribution is -2.00. The first-order chi connectivity index (χ1) is 9.08. The van der Waals surface area contributed by atoms with Crippen LogP contribution < -0.4 is 0 Å². The third-order valence-electron chi connectivity index (χ3n) is 2.88. The van der Waals surface area contributed by atoms with Crippen molar-refractivity contribution in [3.63, 3.8) is 0 Å². The Bertz CT molecular complexity index is 830. The quantitative estimate of drug-likeness (QED) is 0.574. The van der Waals surface area contributed by atoms with Crippen molar-refractivity contribution < 1.29 is 20.1 Å². The first kappa shape index (κ1) is 11.2. The topological polar surface area (TPSA) is 104 Å². The molecule has 1 aromatic carbocycles. The van der Waals surface area contributed by atoms with Crippen LogP contribution in [0.25, 0.3) is 21.7 Å². The second-order valence-corrected chi connectivity index (χ2v) is 4.05. The molecule has 0 atom stereocenters. The molecule has 0 amide bonds. The summed E-state index contributed by atoms with van der Waals surface area (Å²) in [6.07, 6.45) is 2.63. The zero-order valence-electron chi connectivity index (χ0n) is 9.53. The lowest BCUT2D eigenvalue weighted by atomic mass is 10.1. The number of carbonyl (C=O) groups is 1. The smallest absolute Gasteiger partial charge is 0.358 e. The predicted molar refractivity (Wildman–Crippen MR) is 67.3 cm³/mol. The fourth-order valence-corrected chi connectivity index (χ4v) is 2.02. The predicted octanol–water partition coefficient (Wildman–Crippen LogP) is 1.89. The third kappa shape index (κ3) is 1.61. The number of pyridine rings is 2. The van der Waals surface area contributed by atoms with Crippen molar-refractivity contribution in [2.75, 3.05) is 0 Å². The van der Waals surface area contributed by atoms with Crippen LogP contribution in [0.15, 0.2) is 30.6 Å². The number of hydrogen-bond acceptors (Lipinski definition) is 5. The molecule has 6 heteroatoms. The van der Waals surface area contributed by atoms with Gasteiger partial charge >= 0.3 is 5.97 Å². The molecule has 2 aromatic heterocycles. The van der Waals surface area contributed by atoms with Crippen molar-refractivity contribution >= 4 is 27.6 Å². The van der Waals surface area contributed by atoms with E-state index in [9.17, 15) is 15.0 Å². The van der Waals surface area contributed by atoms with Gasteiger partial charge in [0, 0.05) is 22.4 Å². The fraction of sp³-hybridized carbons (Fsp3) is 0. The molecule has 3 N–H and O–H groups in total. The Morgan fingerprint density at radius 2 is 1.84 bits per heavy atom. The van der Waals surface area contributed by atoms with Gasteiger partial charge in [0.15, 0.2) is 11.4 Å². The average Bonchev–Trinajstić information content (AvgIpc) is 2.38. The van der Waals surface area contributed by atoms with Gasteiger partial charge in [0.05, 0.1) is 11.7 Å². The van der Waals surface area contributed by atoms with Crippen molar-refractivity contribution in [2.24, 2.45) is 0 Å². The molecule has 3 rings (SSSR count). The minimum Gasteiger partial charge on any atom is -0.506 e. The fourth-order valence-electron chi connectivity index (χ4n) is 2.02. The van der Waals surface area contributed by atoms with E-state index in [-0.39, 0.29) is 11.5 Å². The van der Waals surface area contributed by atoms with E-state index >= 15 is 0 Å². The number of aromatic carboxylic acids is 1. The Morgan fingerprint density at radius 1 is 1.05 bits per heavy atom. The van der Waals surface area contributed by atoms with Gasteiger partial charge in [-0.25, -0.2) is 9.78 Å². The highest BCUT2D eigenvalue weighted by Gasteiger charge is 2.16. The average molecular weight is 256 g/mol. The van der Waals surface area contributed by atoms with Gasteiger partial charge in [-0.05, 0) is 12.1 Å². The summed E-state index contributed by atoms with van der Waals surface area (Å²) in [5.41, 5.74) is 0.140. The molecule has 0 aliphatic rings. The SMILES string of the molecule is O=C(O)c1ncc2c(ccc3cc(O)cnc32)c1O. The number of hydrogen-bond donors (Lipinski definition) is 3. The summed E-state index contributed by atoms with van der Waals surface area (Å²) in [5.74, 6) is -1.65. The summed E-state index contributed by atoms with van der Waals surface area (Å²) in [4.78, 5) is 18.7. The van der Waals surface area contributed by atoms with E-state index in [1.165, 1.54) is 18.5 Å². The van der Waals surface area contributed by atoms with Gasteiger partial charge in [0.2, 0.25) is 0 Å². The molecule has 0 spiro atoms. The maximum absolute atomic E-state index is 10.9. The van der Waals surface area contributed by atoms with Gasteiger partial charge in [-0.15, -0.1) is 0 Å². The van der Waals surface area contributed by atoms with Crippen LogP contribution in [0.2, 0.25) is 0 Å². The molecule has 94 valence electrons. The molecule has 0 saturated carbocycles. The third-order valence-corrected chi connectivity index (χ3v) is 2.88. The van der Waals surface area contributed by atoms with Crippen LogP contribution >= 0.6 is 0 Å². The molecule has 0 saturated heterocycles. The molecular weight excluding hydrogens is 248 g/mol. The van der Waals surface area contributed by atoms with Crippen LogP contribution in [-0.4, -0.2) is 31.3 Å². The summed E-state index contributed by atoms with van der Waals surface area (Å²) in [6.45, 7) is 0. The number of rotatable bonds is 1. The summed E-state index contributed by atoms with van der Waals surface area (Å²) in [5, 5.41) is 29.8. The number of carboxylic acids is 1. The van der Waals surface area contributed by atoms with Crippen molar-refractivity contribution in [1.29, 1.82) is 0 Å². The lowest BCUT2D eigenvalue weighted by molar-refractivity contribution is 0.0687. The first-order valence-electron chi connectivity index (χ1n) is 5.40. The minimum absolute atomic E-state index is 0.0335. The molecule has 0 unspecified atom stereocenters. The number of carboxylic acid groups (broad SMARTS) is 1. The van der Waals surface area contributed by atoms with Gasteiger partial charge in [-0.3, -0.25) is 4.98 Å². The maximum Gasteiger partial charge on any atom is 0.358 e. The van der Waals surface area contributed by atoms with Gasteiger partial charge in [0.25, 0.3) is 0 Å². The number of nitrogens with zero attached hydrogens (tertiary/aromatic N) is 2. The van der Waals surface area contributed by atoms with E-state index in [1.807, 2.05) is 0 Å². The largest absolute Gasteiger partial charge is 0.506 e. The molecule has 6 nitrogen and oxygen atoms in total. The highest BCUT2D eigenvalue weighted by Crippen LogP contribution is 2.32. The molecule has 0 fully saturated rings. The van der Waals surface area contributed by atoms with Gasteiger partial charge < -0.3 is 15.3 Å². The standard InChI is InChI=1S/C13H8N2O4/c16-7-3-6-1-2-8-9(10(6)14-4-7)5-15-11(12(8)17)13(18)19/h1-5,16-17H,(H,18,19). The van der Waals surface area contributed by atoms with E-state index < -0.39 is 11.7 Å². The number of aromatic hydroxyl groups is 2. The molecule has 0 bridgehead atoms. The van der Waals surface area contributed by atoms with Crippen molar-refractivity contribution in [1.82, 2.24) is 9.97 Å². The number of aromatic nitrogens is 2.